The van der Waals surface area contributed by atoms with Crippen LogP contribution in [0.4, 0.5) is 5.82 Å². The number of anilines is 1. The highest BCUT2D eigenvalue weighted by Crippen LogP contribution is 2.27. The maximum Gasteiger partial charge on any atom is 0.256 e. The summed E-state index contributed by atoms with van der Waals surface area (Å²) in [7, 11) is 0. The van der Waals surface area contributed by atoms with Crippen LogP contribution in [-0.2, 0) is 21.5 Å². The average molecular weight is 477 g/mol. The minimum absolute atomic E-state index is 0.0689. The molecule has 3 aromatic rings. The molecule has 2 aromatic heterocycles. The molecule has 2 heterocycles. The summed E-state index contributed by atoms with van der Waals surface area (Å²) < 4.78 is 7.01. The number of carbonyl (C=O) groups excluding carboxylic acids is 2. The fraction of sp³-hybridized carbons (Fsp3) is 0.348. The molecule has 0 spiro atoms. The summed E-state index contributed by atoms with van der Waals surface area (Å²) in [4.78, 5) is 25.4. The molecule has 3 rings (SSSR count). The van der Waals surface area contributed by atoms with Crippen LogP contribution in [0.3, 0.4) is 0 Å². The Bertz CT molecular complexity index is 1090. The van der Waals surface area contributed by atoms with Gasteiger partial charge < -0.3 is 14.6 Å². The van der Waals surface area contributed by atoms with Gasteiger partial charge in [0.05, 0.1) is 24.2 Å². The van der Waals surface area contributed by atoms with Crippen LogP contribution >= 0.6 is 23.2 Å². The molecule has 32 heavy (non-hydrogen) atoms. The minimum atomic E-state index is -1.29. The number of halogens is 2. The number of benzene rings is 1. The molecule has 1 aromatic carbocycles. The number of aromatic nitrogens is 2. The number of nitrogens with one attached hydrogen (secondary N) is 1. The topological polar surface area (TPSA) is 80.4 Å². The maximum atomic E-state index is 12.9. The van der Waals surface area contributed by atoms with Crippen molar-refractivity contribution in [1.82, 2.24) is 14.7 Å². The highest BCUT2D eigenvalue weighted by molar-refractivity contribution is 6.53. The minimum Gasteiger partial charge on any atom is -0.467 e. The van der Waals surface area contributed by atoms with Crippen molar-refractivity contribution in [2.45, 2.75) is 44.5 Å². The van der Waals surface area contributed by atoms with Crippen LogP contribution in [0.1, 0.15) is 37.8 Å². The summed E-state index contributed by atoms with van der Waals surface area (Å²) in [6.07, 6.45) is 1.49. The average Bonchev–Trinajstić information content (AvgIpc) is 3.37. The van der Waals surface area contributed by atoms with Crippen LogP contribution < -0.4 is 5.32 Å². The van der Waals surface area contributed by atoms with Gasteiger partial charge in [0, 0.05) is 11.5 Å². The number of aryl methyl sites for hydroxylation is 1. The first-order chi connectivity index (χ1) is 15.1. The Balaban J connectivity index is 1.87. The number of furan rings is 1. The zero-order valence-corrected chi connectivity index (χ0v) is 19.9. The number of rotatable bonds is 7. The van der Waals surface area contributed by atoms with Gasteiger partial charge in [-0.15, -0.1) is 0 Å². The molecule has 0 bridgehead atoms. The van der Waals surface area contributed by atoms with Crippen molar-refractivity contribution < 1.29 is 14.0 Å². The Morgan fingerprint density at radius 3 is 2.50 bits per heavy atom. The van der Waals surface area contributed by atoms with E-state index >= 15 is 0 Å². The van der Waals surface area contributed by atoms with Crippen LogP contribution in [0.5, 0.6) is 0 Å². The second-order valence-electron chi connectivity index (χ2n) is 8.49. The monoisotopic (exact) mass is 476 g/mol. The Hall–Kier alpha value is -2.77. The summed E-state index contributed by atoms with van der Waals surface area (Å²) in [5, 5.41) is 7.62. The maximum absolute atomic E-state index is 12.9. The van der Waals surface area contributed by atoms with E-state index in [1.54, 1.807) is 16.8 Å². The van der Waals surface area contributed by atoms with Crippen LogP contribution in [-0.4, -0.2) is 37.9 Å². The summed E-state index contributed by atoms with van der Waals surface area (Å²) in [6.45, 7) is 7.94. The van der Waals surface area contributed by atoms with Gasteiger partial charge >= 0.3 is 0 Å². The summed E-state index contributed by atoms with van der Waals surface area (Å²) in [6, 6.07) is 13.0. The molecular weight excluding hydrogens is 451 g/mol. The van der Waals surface area contributed by atoms with Gasteiger partial charge in [0.15, 0.2) is 4.84 Å². The molecule has 0 saturated carbocycles. The number of hydrogen-bond acceptors (Lipinski definition) is 4. The Labute approximate surface area is 197 Å². The molecule has 7 nitrogen and oxygen atoms in total. The van der Waals surface area contributed by atoms with Crippen molar-refractivity contribution in [3.63, 3.8) is 0 Å². The van der Waals surface area contributed by atoms with Crippen molar-refractivity contribution in [2.75, 3.05) is 11.9 Å². The second-order valence-corrected chi connectivity index (χ2v) is 9.58. The van der Waals surface area contributed by atoms with Gasteiger partial charge in [-0.05, 0) is 30.7 Å². The highest BCUT2D eigenvalue weighted by atomic mass is 35.5. The summed E-state index contributed by atoms with van der Waals surface area (Å²) in [5.41, 5.74) is 2.46. The number of alkyl halides is 2. The number of hydrogen-bond donors (Lipinski definition) is 1. The van der Waals surface area contributed by atoms with Gasteiger partial charge in [-0.1, -0.05) is 62.2 Å². The number of amides is 2. The largest absolute Gasteiger partial charge is 0.467 e. The Morgan fingerprint density at radius 1 is 1.19 bits per heavy atom. The lowest BCUT2D eigenvalue weighted by Gasteiger charge is -2.21. The van der Waals surface area contributed by atoms with Crippen molar-refractivity contribution in [1.29, 1.82) is 0 Å². The molecule has 1 N–H and O–H groups in total. The lowest BCUT2D eigenvalue weighted by Crippen LogP contribution is -2.40. The van der Waals surface area contributed by atoms with Crippen molar-refractivity contribution in [3.05, 3.63) is 65.7 Å². The van der Waals surface area contributed by atoms with E-state index in [9.17, 15) is 9.59 Å². The fourth-order valence-corrected chi connectivity index (χ4v) is 3.39. The van der Waals surface area contributed by atoms with Gasteiger partial charge in [0.1, 0.15) is 18.1 Å². The van der Waals surface area contributed by atoms with E-state index in [-0.39, 0.29) is 18.5 Å². The molecule has 2 amide bonds. The molecule has 0 unspecified atom stereocenters. The van der Waals surface area contributed by atoms with Gasteiger partial charge in [-0.2, -0.15) is 5.10 Å². The second kappa shape index (κ2) is 9.79. The first-order valence-corrected chi connectivity index (χ1v) is 11.0. The van der Waals surface area contributed by atoms with E-state index in [2.05, 4.69) is 5.32 Å². The lowest BCUT2D eigenvalue weighted by molar-refractivity contribution is -0.134. The Morgan fingerprint density at radius 2 is 1.91 bits per heavy atom. The lowest BCUT2D eigenvalue weighted by atomic mass is 9.92. The molecule has 0 aliphatic rings. The van der Waals surface area contributed by atoms with Crippen LogP contribution in [0, 0.1) is 6.92 Å². The smallest absolute Gasteiger partial charge is 0.256 e. The molecule has 9 heteroatoms. The summed E-state index contributed by atoms with van der Waals surface area (Å²) >= 11 is 11.6. The fourth-order valence-electron chi connectivity index (χ4n) is 3.12. The molecule has 0 radical (unpaired) electrons. The van der Waals surface area contributed by atoms with E-state index in [0.717, 1.165) is 16.9 Å². The molecule has 0 atom stereocenters. The molecule has 0 aliphatic heterocycles. The normalized spacial score (nSPS) is 11.6. The van der Waals surface area contributed by atoms with Crippen molar-refractivity contribution in [3.8, 4) is 5.69 Å². The molecule has 0 saturated heterocycles. The third kappa shape index (κ3) is 5.72. The van der Waals surface area contributed by atoms with Gasteiger partial charge in [-0.3, -0.25) is 9.59 Å². The number of para-hydroxylation sites is 1. The van der Waals surface area contributed by atoms with E-state index in [0.29, 0.717) is 11.6 Å². The predicted molar refractivity (Wildman–Crippen MR) is 125 cm³/mol. The first-order valence-electron chi connectivity index (χ1n) is 10.1. The molecule has 0 aliphatic carbocycles. The predicted octanol–water partition coefficient (Wildman–Crippen LogP) is 4.84. The van der Waals surface area contributed by atoms with Gasteiger partial charge in [-0.25, -0.2) is 4.68 Å². The van der Waals surface area contributed by atoms with Crippen LogP contribution in [0.2, 0.25) is 0 Å². The van der Waals surface area contributed by atoms with E-state index in [1.165, 1.54) is 11.2 Å². The summed E-state index contributed by atoms with van der Waals surface area (Å²) in [5.74, 6) is 0.0322. The van der Waals surface area contributed by atoms with E-state index < -0.39 is 16.7 Å². The van der Waals surface area contributed by atoms with Crippen LogP contribution in [0.15, 0.2) is 53.1 Å². The zero-order valence-electron chi connectivity index (χ0n) is 18.4. The van der Waals surface area contributed by atoms with Gasteiger partial charge in [0.25, 0.3) is 5.91 Å². The molecular formula is C23H26Cl2N4O3. The first kappa shape index (κ1) is 23.9. The zero-order chi connectivity index (χ0) is 23.5. The molecule has 0 fully saturated rings. The van der Waals surface area contributed by atoms with E-state index in [1.807, 2.05) is 58.0 Å². The Kier molecular flexibility index (Phi) is 7.31. The van der Waals surface area contributed by atoms with E-state index in [4.69, 9.17) is 32.7 Å². The van der Waals surface area contributed by atoms with Gasteiger partial charge in [0.2, 0.25) is 5.91 Å². The highest BCUT2D eigenvalue weighted by Gasteiger charge is 2.26. The SMILES string of the molecule is Cc1ccccc1-n1nc(C(C)(C)C)cc1NC(=O)CN(Cc1ccco1)C(=O)C(Cl)Cl. The molecule has 170 valence electrons. The third-order valence-electron chi connectivity index (χ3n) is 4.85. The standard InChI is InChI=1S/C23H26Cl2N4O3/c1-15-8-5-6-10-17(15)29-19(12-18(27-29)23(2,3)4)26-20(30)14-28(22(31)21(24)25)13-16-9-7-11-32-16/h5-12,21H,13-14H2,1-4H3,(H,26,30). The number of nitrogens with zero attached hydrogens (tertiary/aromatic N) is 3. The van der Waals surface area contributed by atoms with Crippen molar-refractivity contribution >= 4 is 40.8 Å². The quantitative estimate of drug-likeness (QED) is 0.494. The number of carbonyl (C=O) groups is 2. The van der Waals surface area contributed by atoms with Crippen molar-refractivity contribution in [2.24, 2.45) is 0 Å². The van der Waals surface area contributed by atoms with Crippen LogP contribution in [0.25, 0.3) is 5.69 Å². The third-order valence-corrected chi connectivity index (χ3v) is 5.22.